The van der Waals surface area contributed by atoms with Gasteiger partial charge in [-0.25, -0.2) is 0 Å². The number of rotatable bonds is 5. The van der Waals surface area contributed by atoms with Crippen LogP contribution in [0.1, 0.15) is 21.9 Å². The van der Waals surface area contributed by atoms with Crippen LogP contribution in [-0.4, -0.2) is 4.21 Å². The fraction of sp³-hybridized carbons (Fsp3) is 0.111. The maximum Gasteiger partial charge on any atom is 0.0850 e. The van der Waals surface area contributed by atoms with Crippen LogP contribution in [0.15, 0.2) is 77.5 Å². The van der Waals surface area contributed by atoms with Gasteiger partial charge >= 0.3 is 0 Å². The van der Waals surface area contributed by atoms with Crippen LogP contribution < -0.4 is 0 Å². The Morgan fingerprint density at radius 1 is 0.857 bits per heavy atom. The zero-order valence-corrected chi connectivity index (χ0v) is 13.1. The molecule has 3 aromatic rings. The second-order valence-corrected chi connectivity index (χ2v) is 7.16. The highest BCUT2D eigenvalue weighted by Gasteiger charge is 2.21. The Bertz CT molecular complexity index is 651. The summed E-state index contributed by atoms with van der Waals surface area (Å²) in [7, 11) is -0.982. The van der Waals surface area contributed by atoms with Crippen LogP contribution in [0.3, 0.4) is 0 Å². The second-order valence-electron chi connectivity index (χ2n) is 4.86. The summed E-state index contributed by atoms with van der Waals surface area (Å²) in [6, 6.07) is 22.3. The van der Waals surface area contributed by atoms with Gasteiger partial charge in [0.05, 0.1) is 11.0 Å². The molecule has 0 spiro atoms. The molecule has 0 N–H and O–H groups in total. The molecule has 1 unspecified atom stereocenters. The quantitative estimate of drug-likeness (QED) is 0.662. The first-order valence-electron chi connectivity index (χ1n) is 6.83. The van der Waals surface area contributed by atoms with Gasteiger partial charge in [0.15, 0.2) is 0 Å². The molecule has 2 aromatic carbocycles. The summed E-state index contributed by atoms with van der Waals surface area (Å²) in [6.07, 6.45) is 0. The van der Waals surface area contributed by atoms with Crippen LogP contribution in [0.4, 0.5) is 0 Å². The van der Waals surface area contributed by atoms with E-state index in [1.54, 1.807) is 11.3 Å². The Labute approximate surface area is 131 Å². The summed E-state index contributed by atoms with van der Waals surface area (Å²) in [6.45, 7) is 0. The summed E-state index contributed by atoms with van der Waals surface area (Å²) in [5.74, 6) is 0.595. The zero-order chi connectivity index (χ0) is 14.5. The van der Waals surface area contributed by atoms with Crippen LogP contribution in [0.5, 0.6) is 0 Å². The van der Waals surface area contributed by atoms with Gasteiger partial charge in [-0.2, -0.15) is 11.3 Å². The van der Waals surface area contributed by atoms with E-state index in [0.717, 1.165) is 16.7 Å². The van der Waals surface area contributed by atoms with Crippen LogP contribution >= 0.6 is 11.3 Å². The Kier molecular flexibility index (Phi) is 4.63. The molecule has 0 amide bonds. The minimum atomic E-state index is -0.982. The summed E-state index contributed by atoms with van der Waals surface area (Å²) < 4.78 is 12.9. The van der Waals surface area contributed by atoms with E-state index >= 15 is 0 Å². The monoisotopic (exact) mass is 312 g/mol. The number of thiophene rings is 1. The molecule has 1 nitrogen and oxygen atoms in total. The Morgan fingerprint density at radius 3 is 1.90 bits per heavy atom. The average Bonchev–Trinajstić information content (AvgIpc) is 3.02. The van der Waals surface area contributed by atoms with Crippen LogP contribution in [0.2, 0.25) is 0 Å². The molecule has 0 fully saturated rings. The van der Waals surface area contributed by atoms with Gasteiger partial charge in [0.1, 0.15) is 0 Å². The lowest BCUT2D eigenvalue weighted by atomic mass is 10.0. The van der Waals surface area contributed by atoms with Crippen molar-refractivity contribution in [3.8, 4) is 0 Å². The van der Waals surface area contributed by atoms with E-state index in [9.17, 15) is 4.21 Å². The second kappa shape index (κ2) is 6.83. The predicted octanol–water partition coefficient (Wildman–Crippen LogP) is 4.79. The van der Waals surface area contributed by atoms with Crippen molar-refractivity contribution in [3.63, 3.8) is 0 Å². The molecule has 3 heteroatoms. The summed E-state index contributed by atoms with van der Waals surface area (Å²) in [4.78, 5) is 0. The van der Waals surface area contributed by atoms with Crippen molar-refractivity contribution in [2.45, 2.75) is 11.0 Å². The predicted molar refractivity (Wildman–Crippen MR) is 90.9 cm³/mol. The van der Waals surface area contributed by atoms with Crippen molar-refractivity contribution in [1.82, 2.24) is 0 Å². The summed E-state index contributed by atoms with van der Waals surface area (Å²) in [5.41, 5.74) is 3.37. The average molecular weight is 312 g/mol. The largest absolute Gasteiger partial charge is 0.258 e. The Morgan fingerprint density at radius 2 is 1.43 bits per heavy atom. The van der Waals surface area contributed by atoms with E-state index in [-0.39, 0.29) is 5.25 Å². The lowest BCUT2D eigenvalue weighted by molar-refractivity contribution is 0.677. The van der Waals surface area contributed by atoms with Crippen LogP contribution in [-0.2, 0) is 16.6 Å². The fourth-order valence-electron chi connectivity index (χ4n) is 2.37. The molecular formula is C18H16OS2. The molecule has 106 valence electrons. The van der Waals surface area contributed by atoms with Gasteiger partial charge < -0.3 is 0 Å². The van der Waals surface area contributed by atoms with Crippen LogP contribution in [0.25, 0.3) is 0 Å². The normalized spacial score (nSPS) is 12.4. The number of benzene rings is 2. The van der Waals surface area contributed by atoms with Gasteiger partial charge in [-0.05, 0) is 33.5 Å². The van der Waals surface area contributed by atoms with E-state index in [1.165, 1.54) is 0 Å². The highest BCUT2D eigenvalue weighted by molar-refractivity contribution is 7.84. The first-order chi connectivity index (χ1) is 10.3. The van der Waals surface area contributed by atoms with Gasteiger partial charge in [-0.15, -0.1) is 0 Å². The lowest BCUT2D eigenvalue weighted by Crippen LogP contribution is -2.10. The molecule has 1 aromatic heterocycles. The highest BCUT2D eigenvalue weighted by atomic mass is 32.2. The molecule has 21 heavy (non-hydrogen) atoms. The SMILES string of the molecule is O=S(Cc1ccsc1)C(c1ccccc1)c1ccccc1. The summed E-state index contributed by atoms with van der Waals surface area (Å²) >= 11 is 1.65. The molecular weight excluding hydrogens is 296 g/mol. The molecule has 0 radical (unpaired) electrons. The maximum absolute atomic E-state index is 12.9. The van der Waals surface area contributed by atoms with Gasteiger partial charge in [-0.3, -0.25) is 4.21 Å². The van der Waals surface area contributed by atoms with E-state index in [4.69, 9.17) is 0 Å². The molecule has 0 bridgehead atoms. The van der Waals surface area contributed by atoms with Gasteiger partial charge in [0.25, 0.3) is 0 Å². The van der Waals surface area contributed by atoms with E-state index in [1.807, 2.05) is 41.8 Å². The Hall–Kier alpha value is -1.71. The zero-order valence-electron chi connectivity index (χ0n) is 11.5. The molecule has 3 rings (SSSR count). The van der Waals surface area contributed by atoms with Gasteiger partial charge in [0, 0.05) is 10.8 Å². The molecule has 0 saturated carbocycles. The van der Waals surface area contributed by atoms with E-state index in [0.29, 0.717) is 5.75 Å². The van der Waals surface area contributed by atoms with Crippen molar-refractivity contribution < 1.29 is 4.21 Å². The van der Waals surface area contributed by atoms with Crippen LogP contribution in [0, 0.1) is 0 Å². The van der Waals surface area contributed by atoms with Crippen molar-refractivity contribution >= 4 is 22.1 Å². The topological polar surface area (TPSA) is 17.1 Å². The van der Waals surface area contributed by atoms with E-state index in [2.05, 4.69) is 35.7 Å². The fourth-order valence-corrected chi connectivity index (χ4v) is 4.74. The third-order valence-electron chi connectivity index (χ3n) is 3.36. The molecule has 0 aliphatic heterocycles. The Balaban J connectivity index is 1.95. The van der Waals surface area contributed by atoms with Gasteiger partial charge in [0.2, 0.25) is 0 Å². The maximum atomic E-state index is 12.9. The minimum Gasteiger partial charge on any atom is -0.258 e. The third kappa shape index (κ3) is 3.49. The smallest absolute Gasteiger partial charge is 0.0850 e. The summed E-state index contributed by atoms with van der Waals surface area (Å²) in [5, 5.41) is 4.03. The minimum absolute atomic E-state index is 0.0766. The molecule has 0 aliphatic carbocycles. The third-order valence-corrected chi connectivity index (χ3v) is 5.78. The first kappa shape index (κ1) is 14.2. The lowest BCUT2D eigenvalue weighted by Gasteiger charge is -2.17. The van der Waals surface area contributed by atoms with Crippen molar-refractivity contribution in [2.75, 3.05) is 0 Å². The van der Waals surface area contributed by atoms with Crippen molar-refractivity contribution in [2.24, 2.45) is 0 Å². The van der Waals surface area contributed by atoms with Gasteiger partial charge in [-0.1, -0.05) is 60.7 Å². The highest BCUT2D eigenvalue weighted by Crippen LogP contribution is 2.30. The van der Waals surface area contributed by atoms with Crippen molar-refractivity contribution in [3.05, 3.63) is 94.2 Å². The van der Waals surface area contributed by atoms with Crippen molar-refractivity contribution in [1.29, 1.82) is 0 Å². The molecule has 0 saturated heterocycles. The standard InChI is InChI=1S/C18H16OS2/c19-21(14-15-11-12-20-13-15)18(16-7-3-1-4-8-16)17-9-5-2-6-10-17/h1-13,18H,14H2. The molecule has 0 aliphatic rings. The molecule has 1 heterocycles. The van der Waals surface area contributed by atoms with E-state index < -0.39 is 10.8 Å². The number of hydrogen-bond donors (Lipinski definition) is 0. The molecule has 1 atom stereocenters. The number of hydrogen-bond acceptors (Lipinski definition) is 2. The first-order valence-corrected chi connectivity index (χ1v) is 9.15.